The number of phosphoric acid groups is 1. The Balaban J connectivity index is 4.41. The van der Waals surface area contributed by atoms with E-state index in [2.05, 4.69) is 104 Å². The van der Waals surface area contributed by atoms with Crippen molar-refractivity contribution in [1.29, 1.82) is 0 Å². The first-order valence-corrected chi connectivity index (χ1v) is 25.6. The van der Waals surface area contributed by atoms with Crippen molar-refractivity contribution in [3.05, 3.63) is 97.2 Å². The predicted octanol–water partition coefficient (Wildman–Crippen LogP) is 13.3. The molecule has 0 aliphatic carbocycles. The first-order valence-electron chi connectivity index (χ1n) is 24.1. The molecule has 2 N–H and O–H groups in total. The lowest BCUT2D eigenvalue weighted by Gasteiger charge is -2.29. The minimum Gasteiger partial charge on any atom is -0.756 e. The fraction of sp³-hybridized carbons (Fsp3) is 0.673. The second kappa shape index (κ2) is 42.7. The van der Waals surface area contributed by atoms with E-state index in [9.17, 15) is 19.4 Å². The van der Waals surface area contributed by atoms with E-state index in [1.54, 1.807) is 6.08 Å². The molecule has 0 aliphatic rings. The summed E-state index contributed by atoms with van der Waals surface area (Å²) in [5.41, 5.74) is 0. The number of allylic oxidation sites excluding steroid dienone is 15. The monoisotopic (exact) mass is 871 g/mol. The molecule has 61 heavy (non-hydrogen) atoms. The maximum absolute atomic E-state index is 12.9. The topological polar surface area (TPSA) is 108 Å². The van der Waals surface area contributed by atoms with Gasteiger partial charge in [0.1, 0.15) is 13.2 Å². The Morgan fingerprint density at radius 2 is 1.02 bits per heavy atom. The highest BCUT2D eigenvalue weighted by atomic mass is 31.2. The molecular formula is C52H91N2O6P. The van der Waals surface area contributed by atoms with Gasteiger partial charge in [0.15, 0.2) is 0 Å². The number of amides is 1. The van der Waals surface area contributed by atoms with Gasteiger partial charge < -0.3 is 28.8 Å². The standard InChI is InChI=1S/C52H91N2O6P/c1-6-8-10-12-14-16-18-20-22-23-24-25-26-27-28-29-30-31-32-34-36-38-40-42-44-46-52(56)53-50(49-60-61(57,58)59-48-47-54(3,4)5)51(55)45-43-41-39-37-35-33-21-19-17-15-13-11-9-7-2/h8,10,14,16,20,22,24-25,27-28,30-31,35,37,43,45,50-51,55H,6-7,9,11-13,15,17-19,21,23,26,29,32-34,36,38-42,44,46-49H2,1-5H3,(H-,53,56,57,58)/b10-8-,16-14-,22-20-,25-24-,28-27-,31-30-,37-35+,45-43+. The molecule has 0 saturated heterocycles. The molecule has 0 bridgehead atoms. The van der Waals surface area contributed by atoms with Gasteiger partial charge in [-0.15, -0.1) is 0 Å². The molecule has 8 nitrogen and oxygen atoms in total. The molecule has 350 valence electrons. The molecule has 0 spiro atoms. The number of carbonyl (C=O) groups is 1. The zero-order valence-electron chi connectivity index (χ0n) is 39.6. The van der Waals surface area contributed by atoms with E-state index in [0.717, 1.165) is 103 Å². The van der Waals surface area contributed by atoms with Crippen LogP contribution in [0.1, 0.15) is 174 Å². The molecule has 3 atom stereocenters. The van der Waals surface area contributed by atoms with E-state index in [-0.39, 0.29) is 12.5 Å². The summed E-state index contributed by atoms with van der Waals surface area (Å²) in [6, 6.07) is -0.917. The molecule has 0 heterocycles. The van der Waals surface area contributed by atoms with E-state index >= 15 is 0 Å². The number of phosphoric ester groups is 1. The number of hydrogen-bond donors (Lipinski definition) is 2. The number of aliphatic hydroxyl groups is 1. The highest BCUT2D eigenvalue weighted by Crippen LogP contribution is 2.38. The fourth-order valence-electron chi connectivity index (χ4n) is 6.23. The van der Waals surface area contributed by atoms with Gasteiger partial charge in [-0.3, -0.25) is 9.36 Å². The van der Waals surface area contributed by atoms with E-state index in [4.69, 9.17) is 9.05 Å². The Bertz CT molecular complexity index is 1310. The highest BCUT2D eigenvalue weighted by Gasteiger charge is 2.23. The minimum absolute atomic E-state index is 0.0150. The van der Waals surface area contributed by atoms with Crippen LogP contribution >= 0.6 is 7.82 Å². The lowest BCUT2D eigenvalue weighted by atomic mass is 10.1. The van der Waals surface area contributed by atoms with Crippen LogP contribution in [0.2, 0.25) is 0 Å². The van der Waals surface area contributed by atoms with Crippen molar-refractivity contribution in [2.45, 2.75) is 187 Å². The molecule has 1 amide bonds. The van der Waals surface area contributed by atoms with Gasteiger partial charge >= 0.3 is 0 Å². The number of nitrogens with zero attached hydrogens (tertiary/aromatic N) is 1. The van der Waals surface area contributed by atoms with Crippen LogP contribution in [0.15, 0.2) is 97.2 Å². The molecule has 0 aromatic carbocycles. The summed E-state index contributed by atoms with van der Waals surface area (Å²) in [5, 5.41) is 13.8. The minimum atomic E-state index is -4.61. The number of unbranched alkanes of at least 4 members (excludes halogenated alkanes) is 15. The molecule has 0 saturated carbocycles. The van der Waals surface area contributed by atoms with Crippen LogP contribution in [0.25, 0.3) is 0 Å². The second-order valence-corrected chi connectivity index (χ2v) is 18.5. The Kier molecular flexibility index (Phi) is 40.9. The Morgan fingerprint density at radius 1 is 0.590 bits per heavy atom. The van der Waals surface area contributed by atoms with E-state index in [0.29, 0.717) is 17.4 Å². The van der Waals surface area contributed by atoms with Gasteiger partial charge in [-0.1, -0.05) is 182 Å². The van der Waals surface area contributed by atoms with Gasteiger partial charge in [0.2, 0.25) is 5.91 Å². The summed E-state index contributed by atoms with van der Waals surface area (Å²) in [4.78, 5) is 25.3. The normalized spacial score (nSPS) is 15.1. The third-order valence-corrected chi connectivity index (χ3v) is 11.0. The molecular weight excluding hydrogens is 780 g/mol. The van der Waals surface area contributed by atoms with Crippen LogP contribution in [0, 0.1) is 0 Å². The summed E-state index contributed by atoms with van der Waals surface area (Å²) in [6.07, 6.45) is 60.3. The number of quaternary nitrogens is 1. The second-order valence-electron chi connectivity index (χ2n) is 17.1. The molecule has 0 aromatic rings. The maximum atomic E-state index is 12.9. The summed E-state index contributed by atoms with van der Waals surface area (Å²) in [5.74, 6) is -0.228. The van der Waals surface area contributed by atoms with Crippen LogP contribution in [0.3, 0.4) is 0 Å². The lowest BCUT2D eigenvalue weighted by Crippen LogP contribution is -2.45. The molecule has 9 heteroatoms. The van der Waals surface area contributed by atoms with Crippen LogP contribution in [-0.2, 0) is 18.4 Å². The Morgan fingerprint density at radius 3 is 1.52 bits per heavy atom. The Labute approximate surface area is 375 Å². The van der Waals surface area contributed by atoms with E-state index in [1.807, 2.05) is 27.2 Å². The van der Waals surface area contributed by atoms with Gasteiger partial charge in [-0.05, 0) is 83.5 Å². The highest BCUT2D eigenvalue weighted by molar-refractivity contribution is 7.45. The lowest BCUT2D eigenvalue weighted by molar-refractivity contribution is -0.870. The maximum Gasteiger partial charge on any atom is 0.268 e. The third kappa shape index (κ3) is 45.3. The molecule has 0 radical (unpaired) electrons. The summed E-state index contributed by atoms with van der Waals surface area (Å²) in [6.45, 7) is 4.47. The van der Waals surface area contributed by atoms with E-state index in [1.165, 1.54) is 51.4 Å². The van der Waals surface area contributed by atoms with Crippen LogP contribution in [-0.4, -0.2) is 68.5 Å². The van der Waals surface area contributed by atoms with Crippen molar-refractivity contribution in [2.24, 2.45) is 0 Å². The fourth-order valence-corrected chi connectivity index (χ4v) is 6.95. The molecule has 0 rings (SSSR count). The quantitative estimate of drug-likeness (QED) is 0.0274. The van der Waals surface area contributed by atoms with Crippen molar-refractivity contribution in [3.8, 4) is 0 Å². The molecule has 0 aromatic heterocycles. The summed E-state index contributed by atoms with van der Waals surface area (Å²) < 4.78 is 23.2. The van der Waals surface area contributed by atoms with Gasteiger partial charge in [-0.2, -0.15) is 0 Å². The van der Waals surface area contributed by atoms with Crippen LogP contribution < -0.4 is 10.2 Å². The first-order chi connectivity index (χ1) is 29.5. The zero-order chi connectivity index (χ0) is 45.0. The van der Waals surface area contributed by atoms with Crippen LogP contribution in [0.5, 0.6) is 0 Å². The predicted molar refractivity (Wildman–Crippen MR) is 260 cm³/mol. The van der Waals surface area contributed by atoms with Gasteiger partial charge in [-0.25, -0.2) is 0 Å². The molecule has 3 unspecified atom stereocenters. The number of aliphatic hydroxyl groups excluding tert-OH is 1. The number of carbonyl (C=O) groups excluding carboxylic acids is 1. The zero-order valence-corrected chi connectivity index (χ0v) is 40.5. The number of rotatable bonds is 42. The SMILES string of the molecule is CC/C=C\C/C=C\C/C=C\C/C=C\C/C=C\C/C=C\CCCCCCCCC(=O)NC(COP(=O)([O-])OCC[N+](C)(C)C)C(O)/C=C/CC/C=C/CCCCCCCCCC. The average molecular weight is 871 g/mol. The molecule has 0 aliphatic heterocycles. The smallest absolute Gasteiger partial charge is 0.268 e. The van der Waals surface area contributed by atoms with Crippen LogP contribution in [0.4, 0.5) is 0 Å². The van der Waals surface area contributed by atoms with Gasteiger partial charge in [0.25, 0.3) is 7.82 Å². The average Bonchev–Trinajstić information content (AvgIpc) is 3.21. The number of nitrogens with one attached hydrogen (secondary N) is 1. The van der Waals surface area contributed by atoms with Crippen molar-refractivity contribution < 1.29 is 32.9 Å². The number of hydrogen-bond acceptors (Lipinski definition) is 6. The largest absolute Gasteiger partial charge is 0.756 e. The number of likely N-dealkylation sites (N-methyl/N-ethyl adjacent to an activating group) is 1. The van der Waals surface area contributed by atoms with Gasteiger partial charge in [0, 0.05) is 6.42 Å². The summed E-state index contributed by atoms with van der Waals surface area (Å²) in [7, 11) is 1.21. The van der Waals surface area contributed by atoms with Crippen molar-refractivity contribution >= 4 is 13.7 Å². The Hall–Kier alpha value is -2.58. The third-order valence-electron chi connectivity index (χ3n) is 10.0. The molecule has 0 fully saturated rings. The van der Waals surface area contributed by atoms with Crippen molar-refractivity contribution in [2.75, 3.05) is 40.9 Å². The first kappa shape index (κ1) is 58.4. The van der Waals surface area contributed by atoms with Gasteiger partial charge in [0.05, 0.1) is 39.9 Å². The van der Waals surface area contributed by atoms with E-state index < -0.39 is 26.6 Å². The van der Waals surface area contributed by atoms with Crippen molar-refractivity contribution in [3.63, 3.8) is 0 Å². The summed E-state index contributed by atoms with van der Waals surface area (Å²) >= 11 is 0. The van der Waals surface area contributed by atoms with Crippen molar-refractivity contribution in [1.82, 2.24) is 5.32 Å².